The Kier molecular flexibility index (Phi) is 3.72. The van der Waals surface area contributed by atoms with E-state index >= 15 is 0 Å². The van der Waals surface area contributed by atoms with Crippen molar-refractivity contribution < 1.29 is 4.74 Å². The van der Waals surface area contributed by atoms with Gasteiger partial charge in [0.15, 0.2) is 17.4 Å². The van der Waals surface area contributed by atoms with Crippen molar-refractivity contribution in [1.82, 2.24) is 15.0 Å². The molecule has 0 bridgehead atoms. The van der Waals surface area contributed by atoms with Gasteiger partial charge in [-0.2, -0.15) is 0 Å². The van der Waals surface area contributed by atoms with Crippen molar-refractivity contribution in [3.05, 3.63) is 30.6 Å². The van der Waals surface area contributed by atoms with Crippen molar-refractivity contribution in [1.29, 1.82) is 0 Å². The number of hydrogen-bond donors (Lipinski definition) is 0. The molecule has 0 radical (unpaired) electrons. The van der Waals surface area contributed by atoms with Crippen molar-refractivity contribution in [2.24, 2.45) is 0 Å². The van der Waals surface area contributed by atoms with Crippen LogP contribution in [0, 0.1) is 0 Å². The van der Waals surface area contributed by atoms with Crippen molar-refractivity contribution in [3.8, 4) is 17.3 Å². The Morgan fingerprint density at radius 2 is 2.11 bits per heavy atom. The Morgan fingerprint density at radius 3 is 2.72 bits per heavy atom. The molecule has 94 valence electrons. The van der Waals surface area contributed by atoms with Gasteiger partial charge in [-0.15, -0.1) is 0 Å². The second-order valence-corrected chi connectivity index (χ2v) is 3.81. The molecule has 0 amide bonds. The lowest BCUT2D eigenvalue weighted by Crippen LogP contribution is -2.18. The Hall–Kier alpha value is -2.17. The predicted octanol–water partition coefficient (Wildman–Crippen LogP) is 2.00. The summed E-state index contributed by atoms with van der Waals surface area (Å²) in [5.41, 5.74) is 0.755. The van der Waals surface area contributed by atoms with Crippen LogP contribution in [0.25, 0.3) is 11.5 Å². The van der Waals surface area contributed by atoms with Gasteiger partial charge in [0.25, 0.3) is 0 Å². The highest BCUT2D eigenvalue weighted by molar-refractivity contribution is 5.58. The van der Waals surface area contributed by atoms with Gasteiger partial charge < -0.3 is 9.64 Å². The number of methoxy groups -OCH3 is 1. The minimum atomic E-state index is 0.603. The summed E-state index contributed by atoms with van der Waals surface area (Å²) in [6.45, 7) is 2.90. The molecule has 2 aromatic rings. The summed E-state index contributed by atoms with van der Waals surface area (Å²) in [7, 11) is 3.58. The van der Waals surface area contributed by atoms with E-state index in [-0.39, 0.29) is 0 Å². The number of anilines is 1. The van der Waals surface area contributed by atoms with Crippen LogP contribution in [0.2, 0.25) is 0 Å². The molecule has 0 aliphatic heterocycles. The van der Waals surface area contributed by atoms with Crippen LogP contribution in [0.1, 0.15) is 6.92 Å². The van der Waals surface area contributed by atoms with Crippen LogP contribution in [-0.4, -0.2) is 35.7 Å². The topological polar surface area (TPSA) is 51.1 Å². The van der Waals surface area contributed by atoms with Gasteiger partial charge in [0.1, 0.15) is 5.69 Å². The first-order valence-electron chi connectivity index (χ1n) is 5.79. The highest BCUT2D eigenvalue weighted by atomic mass is 16.5. The van der Waals surface area contributed by atoms with Crippen LogP contribution in [0.15, 0.2) is 30.6 Å². The average Bonchev–Trinajstić information content (AvgIpc) is 2.46. The van der Waals surface area contributed by atoms with Gasteiger partial charge in [-0.3, -0.25) is 4.98 Å². The van der Waals surface area contributed by atoms with Crippen LogP contribution in [-0.2, 0) is 0 Å². The quantitative estimate of drug-likeness (QED) is 0.823. The van der Waals surface area contributed by atoms with Gasteiger partial charge in [-0.05, 0) is 19.1 Å². The first-order valence-corrected chi connectivity index (χ1v) is 5.79. The van der Waals surface area contributed by atoms with E-state index in [2.05, 4.69) is 21.9 Å². The zero-order chi connectivity index (χ0) is 13.0. The van der Waals surface area contributed by atoms with Gasteiger partial charge >= 0.3 is 0 Å². The molecule has 2 rings (SSSR count). The summed E-state index contributed by atoms with van der Waals surface area (Å²) in [5, 5.41) is 0. The third-order valence-electron chi connectivity index (χ3n) is 2.69. The molecule has 0 N–H and O–H groups in total. The lowest BCUT2D eigenvalue weighted by molar-refractivity contribution is 0.411. The average molecular weight is 244 g/mol. The molecule has 2 aromatic heterocycles. The fraction of sp³-hybridized carbons (Fsp3) is 0.308. The molecule has 0 unspecified atom stereocenters. The molecule has 0 aliphatic rings. The minimum Gasteiger partial charge on any atom is -0.491 e. The third kappa shape index (κ3) is 2.40. The molecule has 0 saturated carbocycles. The molecule has 5 nitrogen and oxygen atoms in total. The number of rotatable bonds is 4. The number of hydrogen-bond acceptors (Lipinski definition) is 5. The summed E-state index contributed by atoms with van der Waals surface area (Å²) in [6, 6.07) is 5.67. The maximum absolute atomic E-state index is 5.27. The Labute approximate surface area is 106 Å². The largest absolute Gasteiger partial charge is 0.491 e. The van der Waals surface area contributed by atoms with E-state index in [1.165, 1.54) is 0 Å². The van der Waals surface area contributed by atoms with E-state index < -0.39 is 0 Å². The highest BCUT2D eigenvalue weighted by Gasteiger charge is 2.12. The lowest BCUT2D eigenvalue weighted by Gasteiger charge is -2.18. The van der Waals surface area contributed by atoms with E-state index in [4.69, 9.17) is 4.74 Å². The number of aromatic nitrogens is 3. The summed E-state index contributed by atoms with van der Waals surface area (Å²) in [6.07, 6.45) is 3.41. The van der Waals surface area contributed by atoms with Crippen molar-refractivity contribution in [2.75, 3.05) is 25.6 Å². The first kappa shape index (κ1) is 12.3. The van der Waals surface area contributed by atoms with E-state index in [1.807, 2.05) is 30.1 Å². The van der Waals surface area contributed by atoms with E-state index in [0.717, 1.165) is 18.1 Å². The molecular formula is C13H16N4O. The Morgan fingerprint density at radius 1 is 1.28 bits per heavy atom. The van der Waals surface area contributed by atoms with Crippen LogP contribution >= 0.6 is 0 Å². The molecule has 0 spiro atoms. The van der Waals surface area contributed by atoms with Crippen molar-refractivity contribution in [2.45, 2.75) is 6.92 Å². The van der Waals surface area contributed by atoms with Crippen LogP contribution in [0.5, 0.6) is 5.75 Å². The smallest absolute Gasteiger partial charge is 0.180 e. The molecule has 0 fully saturated rings. The maximum atomic E-state index is 5.27. The van der Waals surface area contributed by atoms with Crippen LogP contribution in [0.3, 0.4) is 0 Å². The van der Waals surface area contributed by atoms with Crippen LogP contribution < -0.4 is 9.64 Å². The van der Waals surface area contributed by atoms with Crippen molar-refractivity contribution in [3.63, 3.8) is 0 Å². The molecule has 0 aromatic carbocycles. The zero-order valence-corrected chi connectivity index (χ0v) is 10.8. The number of nitrogens with zero attached hydrogens (tertiary/aromatic N) is 4. The number of ether oxygens (including phenoxy) is 1. The Bertz CT molecular complexity index is 516. The first-order chi connectivity index (χ1) is 8.76. The molecule has 0 saturated heterocycles. The molecule has 0 atom stereocenters. The molecule has 5 heteroatoms. The summed E-state index contributed by atoms with van der Waals surface area (Å²) in [5.74, 6) is 2.04. The third-order valence-corrected chi connectivity index (χ3v) is 2.69. The molecule has 18 heavy (non-hydrogen) atoms. The zero-order valence-electron chi connectivity index (χ0n) is 10.8. The summed E-state index contributed by atoms with van der Waals surface area (Å²) in [4.78, 5) is 15.0. The van der Waals surface area contributed by atoms with E-state index in [1.54, 1.807) is 19.5 Å². The summed E-state index contributed by atoms with van der Waals surface area (Å²) >= 11 is 0. The fourth-order valence-electron chi connectivity index (χ4n) is 1.55. The predicted molar refractivity (Wildman–Crippen MR) is 70.8 cm³/mol. The lowest BCUT2D eigenvalue weighted by atomic mass is 10.3. The maximum Gasteiger partial charge on any atom is 0.180 e. The van der Waals surface area contributed by atoms with Gasteiger partial charge in [0.05, 0.1) is 13.3 Å². The SMILES string of the molecule is CCN(C)c1nc(-c2ccccn2)ncc1OC. The second-order valence-electron chi connectivity index (χ2n) is 3.81. The Balaban J connectivity index is 2.46. The standard InChI is InChI=1S/C13H16N4O/c1-4-17(2)13-11(18-3)9-15-12(16-13)10-7-5-6-8-14-10/h5-9H,4H2,1-3H3. The monoisotopic (exact) mass is 244 g/mol. The number of pyridine rings is 1. The van der Waals surface area contributed by atoms with Gasteiger partial charge in [0, 0.05) is 19.8 Å². The van der Waals surface area contributed by atoms with Gasteiger partial charge in [-0.25, -0.2) is 9.97 Å². The minimum absolute atomic E-state index is 0.603. The second kappa shape index (κ2) is 5.44. The van der Waals surface area contributed by atoms with Crippen LogP contribution in [0.4, 0.5) is 5.82 Å². The van der Waals surface area contributed by atoms with Gasteiger partial charge in [-0.1, -0.05) is 6.07 Å². The van der Waals surface area contributed by atoms with E-state index in [0.29, 0.717) is 11.6 Å². The molecule has 0 aliphatic carbocycles. The normalized spacial score (nSPS) is 10.2. The molecule has 2 heterocycles. The van der Waals surface area contributed by atoms with Crippen molar-refractivity contribution >= 4 is 5.82 Å². The highest BCUT2D eigenvalue weighted by Crippen LogP contribution is 2.26. The molecular weight excluding hydrogens is 228 g/mol. The van der Waals surface area contributed by atoms with Gasteiger partial charge in [0.2, 0.25) is 0 Å². The fourth-order valence-corrected chi connectivity index (χ4v) is 1.55. The summed E-state index contributed by atoms with van der Waals surface area (Å²) < 4.78 is 5.27. The van der Waals surface area contributed by atoms with E-state index in [9.17, 15) is 0 Å².